The number of benzene rings is 2. The largest absolute Gasteiger partial charge is 0.331 e. The van der Waals surface area contributed by atoms with Crippen LogP contribution in [0.3, 0.4) is 0 Å². The Morgan fingerprint density at radius 1 is 1.08 bits per heavy atom. The van der Waals surface area contributed by atoms with E-state index in [1.165, 1.54) is 10.4 Å². The molecule has 0 unspecified atom stereocenters. The van der Waals surface area contributed by atoms with Gasteiger partial charge in [-0.15, -0.1) is 0 Å². The van der Waals surface area contributed by atoms with Crippen LogP contribution in [0.2, 0.25) is 0 Å². The Bertz CT molecular complexity index is 863. The van der Waals surface area contributed by atoms with Gasteiger partial charge in [-0.1, -0.05) is 36.7 Å². The van der Waals surface area contributed by atoms with Crippen molar-refractivity contribution in [2.24, 2.45) is 7.05 Å². The maximum Gasteiger partial charge on any atom is 0.115 e. The van der Waals surface area contributed by atoms with Crippen LogP contribution in [0, 0.1) is 0 Å². The maximum atomic E-state index is 4.87. The predicted octanol–water partition coefficient (Wildman–Crippen LogP) is 5.78. The number of imidazole rings is 1. The number of anilines is 1. The van der Waals surface area contributed by atoms with Gasteiger partial charge in [0.25, 0.3) is 0 Å². The summed E-state index contributed by atoms with van der Waals surface area (Å²) in [5.41, 5.74) is 3.40. The summed E-state index contributed by atoms with van der Waals surface area (Å²) in [5.74, 6) is 1.11. The van der Waals surface area contributed by atoms with Crippen molar-refractivity contribution in [2.75, 3.05) is 11.4 Å². The molecule has 0 aliphatic carbocycles. The van der Waals surface area contributed by atoms with E-state index in [0.29, 0.717) is 0 Å². The standard InChI is InChI=1S/C19H22BrN3S/c1-19(2,3)18-21-16-12-14(8-11-17(16)22(18)4)23(5)24-15-9-6-13(20)7-10-15/h6-12H,1-5H3. The zero-order valence-corrected chi connectivity index (χ0v) is 17.1. The minimum Gasteiger partial charge on any atom is -0.331 e. The lowest BCUT2D eigenvalue weighted by atomic mass is 9.96. The minimum atomic E-state index is 0.0337. The van der Waals surface area contributed by atoms with E-state index < -0.39 is 0 Å². The van der Waals surface area contributed by atoms with Crippen molar-refractivity contribution in [3.8, 4) is 0 Å². The first kappa shape index (κ1) is 17.4. The molecule has 3 aromatic rings. The molecule has 0 spiro atoms. The molecular formula is C19H22BrN3S. The first-order valence-corrected chi connectivity index (χ1v) is 9.46. The Labute approximate surface area is 156 Å². The number of rotatable bonds is 3. The quantitative estimate of drug-likeness (QED) is 0.517. The Hall–Kier alpha value is -1.46. The van der Waals surface area contributed by atoms with Gasteiger partial charge in [-0.3, -0.25) is 0 Å². The third kappa shape index (κ3) is 3.47. The fraction of sp³-hybridized carbons (Fsp3) is 0.316. The Kier molecular flexibility index (Phi) is 4.67. The normalized spacial score (nSPS) is 11.9. The molecule has 3 nitrogen and oxygen atoms in total. The third-order valence-electron chi connectivity index (χ3n) is 3.95. The highest BCUT2D eigenvalue weighted by Gasteiger charge is 2.21. The zero-order chi connectivity index (χ0) is 17.5. The molecule has 0 radical (unpaired) electrons. The van der Waals surface area contributed by atoms with Crippen molar-refractivity contribution in [3.05, 3.63) is 52.8 Å². The summed E-state index contributed by atoms with van der Waals surface area (Å²) in [6.45, 7) is 6.60. The molecule has 24 heavy (non-hydrogen) atoms. The summed E-state index contributed by atoms with van der Waals surface area (Å²) < 4.78 is 5.47. The molecule has 0 fully saturated rings. The molecule has 0 atom stereocenters. The second-order valence-corrected chi connectivity index (χ2v) is 9.08. The van der Waals surface area contributed by atoms with E-state index in [4.69, 9.17) is 4.98 Å². The van der Waals surface area contributed by atoms with Gasteiger partial charge in [-0.25, -0.2) is 4.98 Å². The lowest BCUT2D eigenvalue weighted by Gasteiger charge is -2.18. The van der Waals surface area contributed by atoms with Crippen LogP contribution in [-0.2, 0) is 12.5 Å². The maximum absolute atomic E-state index is 4.87. The molecule has 2 aromatic carbocycles. The number of nitrogens with zero attached hydrogens (tertiary/aromatic N) is 3. The second kappa shape index (κ2) is 6.45. The van der Waals surface area contributed by atoms with Crippen LogP contribution in [0.15, 0.2) is 51.8 Å². The van der Waals surface area contributed by atoms with E-state index in [1.54, 1.807) is 11.9 Å². The SMILES string of the molecule is CN(Sc1ccc(Br)cc1)c1ccc2c(c1)nc(C(C)(C)C)n2C. The van der Waals surface area contributed by atoms with E-state index in [-0.39, 0.29) is 5.41 Å². The molecule has 0 aliphatic rings. The number of fused-ring (bicyclic) bond motifs is 1. The van der Waals surface area contributed by atoms with Crippen LogP contribution in [0.4, 0.5) is 5.69 Å². The molecule has 126 valence electrons. The highest BCUT2D eigenvalue weighted by Crippen LogP contribution is 2.32. The molecule has 0 bridgehead atoms. The smallest absolute Gasteiger partial charge is 0.115 e. The molecular weight excluding hydrogens is 382 g/mol. The van der Waals surface area contributed by atoms with E-state index >= 15 is 0 Å². The summed E-state index contributed by atoms with van der Waals surface area (Å²) in [7, 11) is 4.18. The highest BCUT2D eigenvalue weighted by molar-refractivity contribution is 9.10. The Morgan fingerprint density at radius 3 is 2.38 bits per heavy atom. The van der Waals surface area contributed by atoms with Gasteiger partial charge in [0, 0.05) is 34.6 Å². The molecule has 0 N–H and O–H groups in total. The van der Waals surface area contributed by atoms with Crippen molar-refractivity contribution in [3.63, 3.8) is 0 Å². The lowest BCUT2D eigenvalue weighted by Crippen LogP contribution is -2.17. The number of aromatic nitrogens is 2. The monoisotopic (exact) mass is 403 g/mol. The first-order chi connectivity index (χ1) is 11.3. The predicted molar refractivity (Wildman–Crippen MR) is 108 cm³/mol. The minimum absolute atomic E-state index is 0.0337. The molecule has 1 aromatic heterocycles. The topological polar surface area (TPSA) is 21.1 Å². The van der Waals surface area contributed by atoms with Crippen molar-refractivity contribution >= 4 is 44.6 Å². The van der Waals surface area contributed by atoms with Crippen molar-refractivity contribution < 1.29 is 0 Å². The third-order valence-corrected chi connectivity index (χ3v) is 5.45. The fourth-order valence-corrected chi connectivity index (χ4v) is 3.82. The van der Waals surface area contributed by atoms with Crippen LogP contribution >= 0.6 is 27.9 Å². The first-order valence-electron chi connectivity index (χ1n) is 7.90. The number of hydrogen-bond donors (Lipinski definition) is 0. The summed E-state index contributed by atoms with van der Waals surface area (Å²) in [4.78, 5) is 6.07. The zero-order valence-electron chi connectivity index (χ0n) is 14.7. The summed E-state index contributed by atoms with van der Waals surface area (Å²) in [6.07, 6.45) is 0. The van der Waals surface area contributed by atoms with Gasteiger partial charge in [-0.05, 0) is 54.4 Å². The van der Waals surface area contributed by atoms with E-state index in [9.17, 15) is 0 Å². The molecule has 0 saturated carbocycles. The van der Waals surface area contributed by atoms with E-state index in [0.717, 1.165) is 21.5 Å². The Balaban J connectivity index is 1.91. The molecule has 0 aliphatic heterocycles. The average Bonchev–Trinajstić information content (AvgIpc) is 2.86. The fourth-order valence-electron chi connectivity index (χ4n) is 2.76. The summed E-state index contributed by atoms with van der Waals surface area (Å²) >= 11 is 5.18. The van der Waals surface area contributed by atoms with E-state index in [2.05, 4.69) is 102 Å². The summed E-state index contributed by atoms with van der Waals surface area (Å²) in [6, 6.07) is 14.8. The van der Waals surface area contributed by atoms with Gasteiger partial charge in [0.15, 0.2) is 0 Å². The van der Waals surface area contributed by atoms with Crippen LogP contribution in [0.1, 0.15) is 26.6 Å². The molecule has 1 heterocycles. The highest BCUT2D eigenvalue weighted by atomic mass is 79.9. The molecule has 3 rings (SSSR count). The van der Waals surface area contributed by atoms with E-state index in [1.807, 2.05) is 0 Å². The van der Waals surface area contributed by atoms with Gasteiger partial charge in [-0.2, -0.15) is 0 Å². The van der Waals surface area contributed by atoms with Gasteiger partial charge < -0.3 is 8.87 Å². The van der Waals surface area contributed by atoms with Crippen LogP contribution in [-0.4, -0.2) is 16.6 Å². The lowest BCUT2D eigenvalue weighted by molar-refractivity contribution is 0.526. The van der Waals surface area contributed by atoms with Crippen LogP contribution in [0.5, 0.6) is 0 Å². The van der Waals surface area contributed by atoms with Gasteiger partial charge >= 0.3 is 0 Å². The molecule has 0 amide bonds. The van der Waals surface area contributed by atoms with Crippen LogP contribution in [0.25, 0.3) is 11.0 Å². The molecule has 5 heteroatoms. The van der Waals surface area contributed by atoms with Crippen molar-refractivity contribution in [1.29, 1.82) is 0 Å². The number of hydrogen-bond acceptors (Lipinski definition) is 3. The van der Waals surface area contributed by atoms with Gasteiger partial charge in [0.05, 0.1) is 11.0 Å². The second-order valence-electron chi connectivity index (χ2n) is 6.96. The molecule has 0 saturated heterocycles. The number of halogens is 1. The average molecular weight is 404 g/mol. The van der Waals surface area contributed by atoms with Crippen molar-refractivity contribution in [1.82, 2.24) is 9.55 Å². The van der Waals surface area contributed by atoms with Crippen LogP contribution < -0.4 is 4.31 Å². The van der Waals surface area contributed by atoms with Crippen molar-refractivity contribution in [2.45, 2.75) is 31.1 Å². The van der Waals surface area contributed by atoms with Gasteiger partial charge in [0.2, 0.25) is 0 Å². The Morgan fingerprint density at radius 2 is 1.75 bits per heavy atom. The number of aryl methyl sites for hydroxylation is 1. The van der Waals surface area contributed by atoms with Gasteiger partial charge in [0.1, 0.15) is 5.82 Å². The summed E-state index contributed by atoms with van der Waals surface area (Å²) in [5, 5.41) is 0.